The molecule has 1 heterocycles. The van der Waals surface area contributed by atoms with Crippen LogP contribution in [0.2, 0.25) is 0 Å². The summed E-state index contributed by atoms with van der Waals surface area (Å²) in [7, 11) is -3.93. The fourth-order valence-electron chi connectivity index (χ4n) is 1.59. The Labute approximate surface area is 101 Å². The Morgan fingerprint density at radius 2 is 1.82 bits per heavy atom. The maximum absolute atomic E-state index is 12.2. The third-order valence-corrected chi connectivity index (χ3v) is 4.60. The Morgan fingerprint density at radius 3 is 2.35 bits per heavy atom. The van der Waals surface area contributed by atoms with E-state index in [0.717, 1.165) is 11.8 Å². The molecule has 0 bridgehead atoms. The molecule has 0 saturated carbocycles. The van der Waals surface area contributed by atoms with E-state index in [1.54, 1.807) is 24.3 Å². The van der Waals surface area contributed by atoms with Crippen molar-refractivity contribution >= 4 is 10.0 Å². The standard InChI is InChI=1S/C12H13NO3S/c1-11-5-7-12(8-6-11)17(15,16)13(14)9-3-2-4-10-13/h2-9H,10H2,1H3. The third-order valence-electron chi connectivity index (χ3n) is 2.65. The number of aryl methyl sites for hydroxylation is 1. The molecule has 1 aliphatic rings. The van der Waals surface area contributed by atoms with Gasteiger partial charge >= 0.3 is 10.0 Å². The molecule has 5 heteroatoms. The number of sulfonamides is 1. The summed E-state index contributed by atoms with van der Waals surface area (Å²) in [6.07, 6.45) is 5.83. The van der Waals surface area contributed by atoms with Crippen LogP contribution in [0.1, 0.15) is 5.56 Å². The van der Waals surface area contributed by atoms with Gasteiger partial charge in [-0.2, -0.15) is 8.42 Å². The molecule has 1 unspecified atom stereocenters. The fourth-order valence-corrected chi connectivity index (χ4v) is 2.94. The quantitative estimate of drug-likeness (QED) is 0.597. The van der Waals surface area contributed by atoms with Crippen molar-refractivity contribution in [3.63, 3.8) is 0 Å². The highest BCUT2D eigenvalue weighted by Gasteiger charge is 2.33. The van der Waals surface area contributed by atoms with E-state index in [1.807, 2.05) is 6.92 Å². The van der Waals surface area contributed by atoms with Crippen molar-refractivity contribution in [2.75, 3.05) is 6.54 Å². The van der Waals surface area contributed by atoms with E-state index in [0.29, 0.717) is 0 Å². The largest absolute Gasteiger partial charge is 0.611 e. The Morgan fingerprint density at radius 1 is 1.18 bits per heavy atom. The summed E-state index contributed by atoms with van der Waals surface area (Å²) in [5.74, 6) is 0. The van der Waals surface area contributed by atoms with Gasteiger partial charge in [0.1, 0.15) is 17.6 Å². The van der Waals surface area contributed by atoms with E-state index in [-0.39, 0.29) is 11.4 Å². The van der Waals surface area contributed by atoms with Gasteiger partial charge in [0.05, 0.1) is 0 Å². The number of allylic oxidation sites excluding steroid dienone is 2. The van der Waals surface area contributed by atoms with Crippen LogP contribution in [0.3, 0.4) is 0 Å². The number of hydrogen-bond donors (Lipinski definition) is 0. The maximum atomic E-state index is 12.2. The van der Waals surface area contributed by atoms with Crippen LogP contribution >= 0.6 is 0 Å². The van der Waals surface area contributed by atoms with Gasteiger partial charge in [-0.25, -0.2) is 4.05 Å². The SMILES string of the molecule is Cc1ccc(S(=O)(=O)[N+]2([O-])C=CC=CC2)cc1. The van der Waals surface area contributed by atoms with Gasteiger partial charge in [-0.1, -0.05) is 23.8 Å². The summed E-state index contributed by atoms with van der Waals surface area (Å²) in [6.45, 7) is 1.77. The molecule has 4 nitrogen and oxygen atoms in total. The summed E-state index contributed by atoms with van der Waals surface area (Å²) >= 11 is 0. The van der Waals surface area contributed by atoms with Crippen molar-refractivity contribution in [2.45, 2.75) is 11.8 Å². The average Bonchev–Trinajstić information content (AvgIpc) is 2.30. The summed E-state index contributed by atoms with van der Waals surface area (Å²) in [4.78, 5) is 0.0538. The molecule has 1 aromatic rings. The van der Waals surface area contributed by atoms with Crippen molar-refractivity contribution in [3.8, 4) is 0 Å². The highest BCUT2D eigenvalue weighted by molar-refractivity contribution is 7.86. The lowest BCUT2D eigenvalue weighted by Gasteiger charge is -2.36. The van der Waals surface area contributed by atoms with E-state index < -0.39 is 14.1 Å². The Balaban J connectivity index is 2.47. The van der Waals surface area contributed by atoms with Gasteiger partial charge in [-0.3, -0.25) is 0 Å². The number of quaternary nitrogens is 1. The summed E-state index contributed by atoms with van der Waals surface area (Å²) < 4.78 is 23.0. The molecule has 2 rings (SSSR count). The topological polar surface area (TPSA) is 57.2 Å². The fraction of sp³-hybridized carbons (Fsp3) is 0.167. The first-order valence-corrected chi connectivity index (χ1v) is 6.65. The number of hydroxylamine groups is 2. The molecule has 0 saturated heterocycles. The van der Waals surface area contributed by atoms with Gasteiger partial charge in [0.25, 0.3) is 0 Å². The molecule has 0 N–H and O–H groups in total. The van der Waals surface area contributed by atoms with Crippen LogP contribution in [0.5, 0.6) is 0 Å². The maximum Gasteiger partial charge on any atom is 0.331 e. The van der Waals surface area contributed by atoms with Crippen molar-refractivity contribution in [3.05, 3.63) is 59.5 Å². The smallest absolute Gasteiger partial charge is 0.331 e. The average molecular weight is 251 g/mol. The van der Waals surface area contributed by atoms with Crippen LogP contribution in [0.25, 0.3) is 0 Å². The van der Waals surface area contributed by atoms with Crippen molar-refractivity contribution in [1.29, 1.82) is 0 Å². The summed E-state index contributed by atoms with van der Waals surface area (Å²) in [6, 6.07) is 6.30. The lowest BCUT2D eigenvalue weighted by atomic mass is 10.2. The van der Waals surface area contributed by atoms with Gasteiger partial charge in [-0.15, -0.1) is 0 Å². The molecule has 1 aliphatic heterocycles. The molecule has 0 radical (unpaired) electrons. The second-order valence-electron chi connectivity index (χ2n) is 3.97. The van der Waals surface area contributed by atoms with Crippen LogP contribution in [0, 0.1) is 12.1 Å². The molecule has 0 spiro atoms. The number of benzene rings is 1. The van der Waals surface area contributed by atoms with E-state index in [4.69, 9.17) is 0 Å². The minimum atomic E-state index is -3.93. The predicted octanol–water partition coefficient (Wildman–Crippen LogP) is 2.08. The third kappa shape index (κ3) is 2.04. The second-order valence-corrected chi connectivity index (χ2v) is 6.01. The van der Waals surface area contributed by atoms with Crippen molar-refractivity contribution < 1.29 is 12.5 Å². The molecule has 1 atom stereocenters. The normalized spacial score (nSPS) is 23.9. The molecular formula is C12H13NO3S. The number of hydrogen-bond acceptors (Lipinski definition) is 3. The lowest BCUT2D eigenvalue weighted by molar-refractivity contribution is -0.687. The monoisotopic (exact) mass is 251 g/mol. The zero-order chi connectivity index (χ0) is 12.5. The van der Waals surface area contributed by atoms with Gasteiger partial charge < -0.3 is 5.21 Å². The second kappa shape index (κ2) is 4.10. The first-order chi connectivity index (χ1) is 7.96. The van der Waals surface area contributed by atoms with Gasteiger partial charge in [-0.05, 0) is 31.2 Å². The van der Waals surface area contributed by atoms with Crippen LogP contribution < -0.4 is 0 Å². The van der Waals surface area contributed by atoms with Crippen LogP contribution in [0.4, 0.5) is 0 Å². The number of rotatable bonds is 2. The molecule has 0 aliphatic carbocycles. The summed E-state index contributed by atoms with van der Waals surface area (Å²) in [5, 5.41) is 12.2. The van der Waals surface area contributed by atoms with Crippen molar-refractivity contribution in [1.82, 2.24) is 0 Å². The zero-order valence-corrected chi connectivity index (χ0v) is 10.2. The van der Waals surface area contributed by atoms with Crippen molar-refractivity contribution in [2.24, 2.45) is 0 Å². The molecule has 0 fully saturated rings. The molecule has 90 valence electrons. The highest BCUT2D eigenvalue weighted by Crippen LogP contribution is 2.25. The van der Waals surface area contributed by atoms with Crippen LogP contribution in [0.15, 0.2) is 53.6 Å². The first kappa shape index (κ1) is 12.0. The summed E-state index contributed by atoms with van der Waals surface area (Å²) in [5.41, 5.74) is 0.954. The van der Waals surface area contributed by atoms with Gasteiger partial charge in [0.2, 0.25) is 0 Å². The molecule has 1 aromatic carbocycles. The minimum absolute atomic E-state index is 0.0538. The zero-order valence-electron chi connectivity index (χ0n) is 9.41. The van der Waals surface area contributed by atoms with Crippen LogP contribution in [-0.2, 0) is 10.0 Å². The van der Waals surface area contributed by atoms with Gasteiger partial charge in [0, 0.05) is 0 Å². The molecule has 0 amide bonds. The first-order valence-electron chi connectivity index (χ1n) is 5.21. The minimum Gasteiger partial charge on any atom is -0.611 e. The van der Waals surface area contributed by atoms with E-state index >= 15 is 0 Å². The van der Waals surface area contributed by atoms with E-state index in [9.17, 15) is 13.6 Å². The van der Waals surface area contributed by atoms with Crippen LogP contribution in [-0.4, -0.2) is 19.0 Å². The molecular weight excluding hydrogens is 238 g/mol. The molecule has 0 aromatic heterocycles. The van der Waals surface area contributed by atoms with Gasteiger partial charge in [0.15, 0.2) is 0 Å². The Kier molecular flexibility index (Phi) is 2.91. The van der Waals surface area contributed by atoms with E-state index in [1.165, 1.54) is 18.2 Å². The number of nitrogens with zero attached hydrogens (tertiary/aromatic N) is 1. The lowest BCUT2D eigenvalue weighted by Crippen LogP contribution is -2.43. The molecule has 17 heavy (non-hydrogen) atoms. The Hall–Kier alpha value is -1.43. The predicted molar refractivity (Wildman–Crippen MR) is 65.1 cm³/mol. The highest BCUT2D eigenvalue weighted by atomic mass is 32.2. The Bertz CT molecular complexity index is 572. The van der Waals surface area contributed by atoms with E-state index in [2.05, 4.69) is 0 Å².